The van der Waals surface area contributed by atoms with Crippen LogP contribution in [0.4, 0.5) is 4.39 Å². The molecule has 5 heteroatoms. The minimum atomic E-state index is -0.369. The molecule has 0 saturated carbocycles. The van der Waals surface area contributed by atoms with Gasteiger partial charge in [0.25, 0.3) is 0 Å². The molecule has 19 heavy (non-hydrogen) atoms. The molecule has 0 aliphatic heterocycles. The normalized spacial score (nSPS) is 12.1. The van der Waals surface area contributed by atoms with Crippen LogP contribution in [0, 0.1) is 5.82 Å². The number of hydrogen-bond donors (Lipinski definition) is 1. The average molecular weight is 279 g/mol. The van der Waals surface area contributed by atoms with Gasteiger partial charge in [0.05, 0.1) is 18.1 Å². The predicted molar refractivity (Wildman–Crippen MR) is 72.3 cm³/mol. The van der Waals surface area contributed by atoms with Crippen LogP contribution < -0.4 is 5.32 Å². The van der Waals surface area contributed by atoms with Crippen molar-refractivity contribution in [3.05, 3.63) is 54.2 Å². The van der Waals surface area contributed by atoms with Crippen LogP contribution in [0.15, 0.2) is 52.0 Å². The highest BCUT2D eigenvalue weighted by Crippen LogP contribution is 2.25. The van der Waals surface area contributed by atoms with E-state index < -0.39 is 0 Å². The molecule has 1 amide bonds. The number of carbonyl (C=O) groups excluding carboxylic acids is 1. The van der Waals surface area contributed by atoms with Crippen LogP contribution in [0.5, 0.6) is 0 Å². The van der Waals surface area contributed by atoms with Crippen molar-refractivity contribution in [1.82, 2.24) is 5.32 Å². The van der Waals surface area contributed by atoms with Crippen LogP contribution >= 0.6 is 11.8 Å². The summed E-state index contributed by atoms with van der Waals surface area (Å²) in [6, 6.07) is 9.97. The summed E-state index contributed by atoms with van der Waals surface area (Å²) in [5.41, 5.74) is 0. The third-order valence-corrected chi connectivity index (χ3v) is 3.68. The molecule has 0 radical (unpaired) electrons. The molecule has 1 atom stereocenters. The van der Waals surface area contributed by atoms with E-state index in [0.717, 1.165) is 0 Å². The zero-order chi connectivity index (χ0) is 13.7. The van der Waals surface area contributed by atoms with E-state index in [1.807, 2.05) is 0 Å². The van der Waals surface area contributed by atoms with Crippen molar-refractivity contribution in [2.75, 3.05) is 0 Å². The standard InChI is InChI=1S/C14H14FNO2S/c1-10(19-13-7-3-2-6-12(13)15)14(17)16-9-11-5-4-8-18-11/h2-8,10H,9H2,1H3,(H,16,17). The summed E-state index contributed by atoms with van der Waals surface area (Å²) in [4.78, 5) is 12.3. The SMILES string of the molecule is CC(Sc1ccccc1F)C(=O)NCc1ccco1. The van der Waals surface area contributed by atoms with Gasteiger partial charge in [0, 0.05) is 4.90 Å². The first-order valence-electron chi connectivity index (χ1n) is 5.88. The first kappa shape index (κ1) is 13.7. The van der Waals surface area contributed by atoms with Crippen LogP contribution in [0.2, 0.25) is 0 Å². The van der Waals surface area contributed by atoms with Crippen molar-refractivity contribution in [3.63, 3.8) is 0 Å². The zero-order valence-electron chi connectivity index (χ0n) is 10.4. The fraction of sp³-hybridized carbons (Fsp3) is 0.214. The van der Waals surface area contributed by atoms with E-state index in [2.05, 4.69) is 5.32 Å². The Morgan fingerprint density at radius 2 is 2.16 bits per heavy atom. The predicted octanol–water partition coefficient (Wildman–Crippen LogP) is 3.22. The van der Waals surface area contributed by atoms with Crippen molar-refractivity contribution >= 4 is 17.7 Å². The molecule has 1 aromatic carbocycles. The van der Waals surface area contributed by atoms with Crippen molar-refractivity contribution in [3.8, 4) is 0 Å². The molecule has 2 aromatic rings. The molecule has 1 unspecified atom stereocenters. The number of hydrogen-bond acceptors (Lipinski definition) is 3. The largest absolute Gasteiger partial charge is 0.467 e. The Labute approximate surface area is 115 Å². The van der Waals surface area contributed by atoms with Gasteiger partial charge in [-0.2, -0.15) is 0 Å². The summed E-state index contributed by atoms with van der Waals surface area (Å²) in [5.74, 6) is 0.235. The van der Waals surface area contributed by atoms with E-state index in [-0.39, 0.29) is 17.0 Å². The van der Waals surface area contributed by atoms with Gasteiger partial charge in [-0.3, -0.25) is 4.79 Å². The maximum absolute atomic E-state index is 13.5. The lowest BCUT2D eigenvalue weighted by Crippen LogP contribution is -2.30. The zero-order valence-corrected chi connectivity index (χ0v) is 11.2. The van der Waals surface area contributed by atoms with Gasteiger partial charge in [0.15, 0.2) is 0 Å². The summed E-state index contributed by atoms with van der Waals surface area (Å²) >= 11 is 1.20. The van der Waals surface area contributed by atoms with Crippen molar-refractivity contribution in [1.29, 1.82) is 0 Å². The molecule has 3 nitrogen and oxygen atoms in total. The Hall–Kier alpha value is -1.75. The molecule has 0 fully saturated rings. The van der Waals surface area contributed by atoms with Gasteiger partial charge >= 0.3 is 0 Å². The van der Waals surface area contributed by atoms with Gasteiger partial charge in [-0.25, -0.2) is 4.39 Å². The second-order valence-electron chi connectivity index (χ2n) is 3.99. The molecule has 100 valence electrons. The third-order valence-electron chi connectivity index (χ3n) is 2.53. The molecule has 1 N–H and O–H groups in total. The average Bonchev–Trinajstić information content (AvgIpc) is 2.91. The number of rotatable bonds is 5. The van der Waals surface area contributed by atoms with E-state index in [4.69, 9.17) is 4.42 Å². The summed E-state index contributed by atoms with van der Waals surface area (Å²) < 4.78 is 18.6. The molecule has 1 aromatic heterocycles. The fourth-order valence-electron chi connectivity index (χ4n) is 1.52. The summed E-state index contributed by atoms with van der Waals surface area (Å²) in [6.07, 6.45) is 1.55. The monoisotopic (exact) mass is 279 g/mol. The van der Waals surface area contributed by atoms with E-state index >= 15 is 0 Å². The number of nitrogens with one attached hydrogen (secondary N) is 1. The molecular formula is C14H14FNO2S. The first-order valence-corrected chi connectivity index (χ1v) is 6.76. The molecule has 1 heterocycles. The third kappa shape index (κ3) is 3.86. The molecular weight excluding hydrogens is 265 g/mol. The minimum absolute atomic E-state index is 0.148. The second-order valence-corrected chi connectivity index (χ2v) is 5.37. The molecule has 0 saturated heterocycles. The van der Waals surface area contributed by atoms with Gasteiger partial charge in [-0.15, -0.1) is 11.8 Å². The van der Waals surface area contributed by atoms with E-state index in [1.165, 1.54) is 17.8 Å². The lowest BCUT2D eigenvalue weighted by atomic mass is 10.3. The lowest BCUT2D eigenvalue weighted by molar-refractivity contribution is -0.120. The molecule has 0 bridgehead atoms. The number of carbonyl (C=O) groups is 1. The molecule has 0 spiro atoms. The quantitative estimate of drug-likeness (QED) is 0.855. The van der Waals surface area contributed by atoms with Crippen LogP contribution in [-0.2, 0) is 11.3 Å². The Morgan fingerprint density at radius 3 is 2.84 bits per heavy atom. The number of benzene rings is 1. The highest BCUT2D eigenvalue weighted by molar-refractivity contribution is 8.00. The van der Waals surface area contributed by atoms with Crippen molar-refractivity contribution in [2.24, 2.45) is 0 Å². The molecule has 2 rings (SSSR count). The van der Waals surface area contributed by atoms with Gasteiger partial charge < -0.3 is 9.73 Å². The Balaban J connectivity index is 1.87. The Kier molecular flexibility index (Phi) is 4.63. The first-order chi connectivity index (χ1) is 9.16. The van der Waals surface area contributed by atoms with E-state index in [1.54, 1.807) is 43.5 Å². The number of thioether (sulfide) groups is 1. The number of amides is 1. The van der Waals surface area contributed by atoms with Gasteiger partial charge in [0.2, 0.25) is 5.91 Å². The topological polar surface area (TPSA) is 42.2 Å². The highest BCUT2D eigenvalue weighted by Gasteiger charge is 2.16. The minimum Gasteiger partial charge on any atom is -0.467 e. The van der Waals surface area contributed by atoms with Crippen LogP contribution in [0.3, 0.4) is 0 Å². The smallest absolute Gasteiger partial charge is 0.233 e. The number of furan rings is 1. The van der Waals surface area contributed by atoms with E-state index in [0.29, 0.717) is 17.2 Å². The maximum Gasteiger partial charge on any atom is 0.233 e. The molecule has 0 aliphatic carbocycles. The summed E-state index contributed by atoms with van der Waals surface area (Å²) in [7, 11) is 0. The van der Waals surface area contributed by atoms with Crippen LogP contribution in [0.25, 0.3) is 0 Å². The molecule has 0 aliphatic rings. The maximum atomic E-state index is 13.5. The van der Waals surface area contributed by atoms with Crippen molar-refractivity contribution in [2.45, 2.75) is 23.6 Å². The lowest BCUT2D eigenvalue weighted by Gasteiger charge is -2.11. The van der Waals surface area contributed by atoms with Crippen LogP contribution in [-0.4, -0.2) is 11.2 Å². The van der Waals surface area contributed by atoms with Gasteiger partial charge in [-0.1, -0.05) is 12.1 Å². The summed E-state index contributed by atoms with van der Waals surface area (Å²) in [6.45, 7) is 2.09. The second kappa shape index (κ2) is 6.43. The fourth-order valence-corrected chi connectivity index (χ4v) is 2.42. The highest BCUT2D eigenvalue weighted by atomic mass is 32.2. The van der Waals surface area contributed by atoms with Gasteiger partial charge in [0.1, 0.15) is 11.6 Å². The van der Waals surface area contributed by atoms with Crippen LogP contribution in [0.1, 0.15) is 12.7 Å². The Morgan fingerprint density at radius 1 is 1.37 bits per heavy atom. The van der Waals surface area contributed by atoms with Gasteiger partial charge in [-0.05, 0) is 31.2 Å². The summed E-state index contributed by atoms with van der Waals surface area (Å²) in [5, 5.41) is 2.38. The van der Waals surface area contributed by atoms with E-state index in [9.17, 15) is 9.18 Å². The number of halogens is 1. The van der Waals surface area contributed by atoms with Crippen molar-refractivity contribution < 1.29 is 13.6 Å². The Bertz CT molecular complexity index is 542.